The van der Waals surface area contributed by atoms with E-state index in [2.05, 4.69) is 23.8 Å². The highest BCUT2D eigenvalue weighted by Gasteiger charge is 2.03. The number of hydrogen-bond acceptors (Lipinski definition) is 5. The minimum absolute atomic E-state index is 0.659. The Hall–Kier alpha value is -2.14. The van der Waals surface area contributed by atoms with Gasteiger partial charge in [-0.1, -0.05) is 65.2 Å². The third kappa shape index (κ3) is 12.6. The lowest BCUT2D eigenvalue weighted by Gasteiger charge is -2.08. The Morgan fingerprint density at radius 2 is 1.03 bits per heavy atom. The Kier molecular flexibility index (Phi) is 15.0. The molecule has 1 aromatic carbocycles. The predicted octanol–water partition coefficient (Wildman–Crippen LogP) is 7.64. The van der Waals surface area contributed by atoms with Gasteiger partial charge >= 0.3 is 0 Å². The van der Waals surface area contributed by atoms with Crippen molar-refractivity contribution in [2.24, 2.45) is 0 Å². The van der Waals surface area contributed by atoms with Crippen molar-refractivity contribution in [3.63, 3.8) is 0 Å². The number of ether oxygens (including phenoxy) is 3. The molecule has 0 fully saturated rings. The van der Waals surface area contributed by atoms with Crippen LogP contribution in [0.25, 0.3) is 11.4 Å². The van der Waals surface area contributed by atoms with Crippen LogP contribution in [-0.2, 0) is 4.74 Å². The van der Waals surface area contributed by atoms with E-state index in [1.54, 1.807) is 12.4 Å². The Labute approximate surface area is 201 Å². The van der Waals surface area contributed by atoms with E-state index in [-0.39, 0.29) is 0 Å². The van der Waals surface area contributed by atoms with Crippen LogP contribution >= 0.6 is 0 Å². The van der Waals surface area contributed by atoms with Crippen molar-refractivity contribution in [2.75, 3.05) is 26.4 Å². The van der Waals surface area contributed by atoms with E-state index < -0.39 is 0 Å². The Morgan fingerprint density at radius 3 is 1.70 bits per heavy atom. The smallest absolute Gasteiger partial charge is 0.159 e. The molecule has 0 aliphatic heterocycles. The van der Waals surface area contributed by atoms with E-state index >= 15 is 0 Å². The van der Waals surface area contributed by atoms with Crippen molar-refractivity contribution in [3.05, 3.63) is 36.7 Å². The third-order valence-corrected chi connectivity index (χ3v) is 5.60. The molecule has 1 heterocycles. The van der Waals surface area contributed by atoms with Crippen molar-refractivity contribution in [1.82, 2.24) is 9.97 Å². The van der Waals surface area contributed by atoms with Gasteiger partial charge in [-0.25, -0.2) is 9.97 Å². The Balaban J connectivity index is 1.59. The maximum atomic E-state index is 5.87. The van der Waals surface area contributed by atoms with Crippen molar-refractivity contribution >= 4 is 0 Å². The zero-order valence-electron chi connectivity index (χ0n) is 20.9. The molecule has 0 bridgehead atoms. The van der Waals surface area contributed by atoms with Gasteiger partial charge in [-0.15, -0.1) is 0 Å². The molecule has 5 heteroatoms. The van der Waals surface area contributed by atoms with E-state index in [1.165, 1.54) is 51.4 Å². The Morgan fingerprint density at radius 1 is 0.545 bits per heavy atom. The number of aromatic nitrogens is 2. The molecule has 0 saturated carbocycles. The molecule has 33 heavy (non-hydrogen) atoms. The quantitative estimate of drug-likeness (QED) is 0.192. The van der Waals surface area contributed by atoms with Crippen molar-refractivity contribution < 1.29 is 14.2 Å². The second kappa shape index (κ2) is 18.3. The summed E-state index contributed by atoms with van der Waals surface area (Å²) in [5, 5.41) is 0. The van der Waals surface area contributed by atoms with Crippen molar-refractivity contribution in [3.8, 4) is 22.9 Å². The molecule has 1 aromatic heterocycles. The first kappa shape index (κ1) is 27.1. The van der Waals surface area contributed by atoms with Gasteiger partial charge in [-0.05, 0) is 49.9 Å². The maximum absolute atomic E-state index is 5.87. The molecular formula is C28H44N2O3. The lowest BCUT2D eigenvalue weighted by molar-refractivity contribution is 0.122. The largest absolute Gasteiger partial charge is 0.494 e. The first-order valence-electron chi connectivity index (χ1n) is 13.1. The van der Waals surface area contributed by atoms with Gasteiger partial charge in [0.15, 0.2) is 11.6 Å². The minimum atomic E-state index is 0.659. The molecule has 0 N–H and O–H groups in total. The summed E-state index contributed by atoms with van der Waals surface area (Å²) in [6.45, 7) is 7.58. The number of hydrogen-bond donors (Lipinski definition) is 0. The van der Waals surface area contributed by atoms with Gasteiger partial charge in [0.25, 0.3) is 0 Å². The lowest BCUT2D eigenvalue weighted by atomic mass is 10.1. The summed E-state index contributed by atoms with van der Waals surface area (Å²) in [6.07, 6.45) is 18.2. The summed E-state index contributed by atoms with van der Waals surface area (Å²) >= 11 is 0. The minimum Gasteiger partial charge on any atom is -0.494 e. The van der Waals surface area contributed by atoms with E-state index in [0.717, 1.165) is 56.8 Å². The molecule has 0 aliphatic rings. The molecule has 0 spiro atoms. The van der Waals surface area contributed by atoms with Crippen LogP contribution in [0.2, 0.25) is 0 Å². The Bertz CT molecular complexity index is 704. The monoisotopic (exact) mass is 456 g/mol. The van der Waals surface area contributed by atoms with Crippen LogP contribution in [0, 0.1) is 0 Å². The van der Waals surface area contributed by atoms with Gasteiger partial charge in [-0.3, -0.25) is 0 Å². The zero-order valence-corrected chi connectivity index (χ0v) is 20.9. The molecule has 0 unspecified atom stereocenters. The van der Waals surface area contributed by atoms with Gasteiger partial charge in [-0.2, -0.15) is 0 Å². The molecule has 0 aliphatic carbocycles. The summed E-state index contributed by atoms with van der Waals surface area (Å²) in [7, 11) is 0. The van der Waals surface area contributed by atoms with Crippen molar-refractivity contribution in [1.29, 1.82) is 0 Å². The van der Waals surface area contributed by atoms with Crippen molar-refractivity contribution in [2.45, 2.75) is 90.9 Å². The number of unbranched alkanes of at least 4 members (excludes halogenated alkanes) is 9. The van der Waals surface area contributed by atoms with Gasteiger partial charge in [0.05, 0.1) is 25.6 Å². The summed E-state index contributed by atoms with van der Waals surface area (Å²) < 4.78 is 17.2. The van der Waals surface area contributed by atoms with E-state index in [9.17, 15) is 0 Å². The highest BCUT2D eigenvalue weighted by Crippen LogP contribution is 2.21. The van der Waals surface area contributed by atoms with Gasteiger partial charge in [0, 0.05) is 18.8 Å². The summed E-state index contributed by atoms with van der Waals surface area (Å²) in [4.78, 5) is 8.90. The fourth-order valence-electron chi connectivity index (χ4n) is 3.54. The van der Waals surface area contributed by atoms with Crippen LogP contribution in [-0.4, -0.2) is 36.4 Å². The third-order valence-electron chi connectivity index (χ3n) is 5.60. The molecule has 2 aromatic rings. The van der Waals surface area contributed by atoms with Crippen LogP contribution in [0.4, 0.5) is 0 Å². The lowest BCUT2D eigenvalue weighted by Crippen LogP contribution is -2.02. The number of benzene rings is 1. The van der Waals surface area contributed by atoms with E-state index in [0.29, 0.717) is 18.2 Å². The molecule has 0 radical (unpaired) electrons. The first-order valence-corrected chi connectivity index (χ1v) is 13.1. The molecule has 184 valence electrons. The van der Waals surface area contributed by atoms with Gasteiger partial charge in [0.2, 0.25) is 0 Å². The van der Waals surface area contributed by atoms with Crippen LogP contribution in [0.1, 0.15) is 90.9 Å². The highest BCUT2D eigenvalue weighted by molar-refractivity contribution is 5.56. The summed E-state index contributed by atoms with van der Waals surface area (Å²) in [6, 6.07) is 8.01. The number of rotatable bonds is 20. The first-order chi connectivity index (χ1) is 16.3. The molecule has 2 rings (SSSR count). The molecule has 5 nitrogen and oxygen atoms in total. The van der Waals surface area contributed by atoms with Crippen LogP contribution < -0.4 is 9.47 Å². The SMILES string of the molecule is CCCCCCCCCOc1ccc(-c2ncc(OCCCCOCCCCC)cn2)cc1. The topological polar surface area (TPSA) is 53.5 Å². The average molecular weight is 457 g/mol. The second-order valence-corrected chi connectivity index (χ2v) is 8.61. The van der Waals surface area contributed by atoms with E-state index in [1.807, 2.05) is 24.3 Å². The van der Waals surface area contributed by atoms with Crippen LogP contribution in [0.3, 0.4) is 0 Å². The van der Waals surface area contributed by atoms with Gasteiger partial charge in [0.1, 0.15) is 5.75 Å². The number of nitrogens with zero attached hydrogens (tertiary/aromatic N) is 2. The van der Waals surface area contributed by atoms with Crippen LogP contribution in [0.15, 0.2) is 36.7 Å². The standard InChI is InChI=1S/C28H44N2O3/c1-3-5-7-8-9-10-12-21-32-26-17-15-25(16-18-26)28-29-23-27(24-30-28)33-22-14-13-20-31-19-11-6-4-2/h15-18,23-24H,3-14,19-22H2,1-2H3. The van der Waals surface area contributed by atoms with Gasteiger partial charge < -0.3 is 14.2 Å². The van der Waals surface area contributed by atoms with Crippen LogP contribution in [0.5, 0.6) is 11.5 Å². The fourth-order valence-corrected chi connectivity index (χ4v) is 3.54. The summed E-state index contributed by atoms with van der Waals surface area (Å²) in [5.74, 6) is 2.30. The molecule has 0 atom stereocenters. The van der Waals surface area contributed by atoms with E-state index in [4.69, 9.17) is 14.2 Å². The highest BCUT2D eigenvalue weighted by atomic mass is 16.5. The zero-order chi connectivity index (χ0) is 23.4. The summed E-state index contributed by atoms with van der Waals surface area (Å²) in [5.41, 5.74) is 0.977. The molecule has 0 amide bonds. The molecular weight excluding hydrogens is 412 g/mol. The average Bonchev–Trinajstić information content (AvgIpc) is 2.85. The predicted molar refractivity (Wildman–Crippen MR) is 136 cm³/mol. The molecule has 0 saturated heterocycles. The second-order valence-electron chi connectivity index (χ2n) is 8.61. The normalized spacial score (nSPS) is 11.0. The maximum Gasteiger partial charge on any atom is 0.159 e. The fraction of sp³-hybridized carbons (Fsp3) is 0.643.